The number of hydrogen-bond donors (Lipinski definition) is 2. The number of amides is 1. The number of carbonyl (C=O) groups is 1. The van der Waals surface area contributed by atoms with Gasteiger partial charge in [-0.1, -0.05) is 23.7 Å². The smallest absolute Gasteiger partial charge is 0.302 e. The lowest BCUT2D eigenvalue weighted by Gasteiger charge is -2.35. The highest BCUT2D eigenvalue weighted by molar-refractivity contribution is 6.69. The maximum atomic E-state index is 14.8. The van der Waals surface area contributed by atoms with Gasteiger partial charge in [-0.3, -0.25) is 10.1 Å². The molecule has 2 N–H and O–H groups in total. The molecule has 40 heavy (non-hydrogen) atoms. The maximum Gasteiger partial charge on any atom is 0.302 e. The number of rotatable bonds is 4. The molecular formula is C28H24ClF2N7O2. The van der Waals surface area contributed by atoms with Crippen LogP contribution in [0.4, 0.5) is 20.7 Å². The Kier molecular flexibility index (Phi) is 6.77. The Bertz CT molecular complexity index is 1610. The summed E-state index contributed by atoms with van der Waals surface area (Å²) in [6, 6.07) is 4.08. The van der Waals surface area contributed by atoms with E-state index < -0.39 is 11.6 Å². The summed E-state index contributed by atoms with van der Waals surface area (Å²) >= 11 is 6.26. The first-order valence-corrected chi connectivity index (χ1v) is 13.1. The van der Waals surface area contributed by atoms with Gasteiger partial charge >= 0.3 is 6.01 Å². The molecule has 0 spiro atoms. The molecule has 1 fully saturated rings. The van der Waals surface area contributed by atoms with E-state index in [0.717, 1.165) is 5.56 Å². The number of aliphatic imine (C=N–C) groups is 1. The Morgan fingerprint density at radius 1 is 1.10 bits per heavy atom. The fourth-order valence-electron chi connectivity index (χ4n) is 5.18. The van der Waals surface area contributed by atoms with Gasteiger partial charge in [-0.05, 0) is 49.6 Å². The van der Waals surface area contributed by atoms with Crippen LogP contribution in [0.2, 0.25) is 0 Å². The number of oxazole rings is 1. The lowest BCUT2D eigenvalue weighted by atomic mass is 9.84. The van der Waals surface area contributed by atoms with Gasteiger partial charge in [0.25, 0.3) is 5.91 Å². The minimum Gasteiger partial charge on any atom is -0.418 e. The fourth-order valence-corrected chi connectivity index (χ4v) is 5.34. The Morgan fingerprint density at radius 2 is 1.85 bits per heavy atom. The van der Waals surface area contributed by atoms with Gasteiger partial charge in [-0.25, -0.2) is 28.7 Å². The Labute approximate surface area is 233 Å². The predicted molar refractivity (Wildman–Crippen MR) is 147 cm³/mol. The topological polar surface area (TPSA) is 109 Å². The van der Waals surface area contributed by atoms with E-state index in [4.69, 9.17) is 16.0 Å². The van der Waals surface area contributed by atoms with Crippen molar-refractivity contribution < 1.29 is 18.0 Å². The summed E-state index contributed by atoms with van der Waals surface area (Å²) in [6.45, 7) is 5.16. The molecule has 3 aromatic rings. The number of aromatic nitrogens is 3. The van der Waals surface area contributed by atoms with Crippen LogP contribution < -0.4 is 10.6 Å². The molecule has 0 saturated carbocycles. The van der Waals surface area contributed by atoms with Crippen LogP contribution in [0.5, 0.6) is 0 Å². The van der Waals surface area contributed by atoms with Crippen molar-refractivity contribution in [1.82, 2.24) is 25.2 Å². The molecule has 0 radical (unpaired) electrons. The van der Waals surface area contributed by atoms with Gasteiger partial charge in [0, 0.05) is 48.7 Å². The summed E-state index contributed by atoms with van der Waals surface area (Å²) < 4.78 is 35.2. The molecule has 9 nitrogen and oxygen atoms in total. The number of fused-ring (bicyclic) bond motifs is 3. The Morgan fingerprint density at radius 3 is 2.60 bits per heavy atom. The van der Waals surface area contributed by atoms with Crippen LogP contribution >= 0.6 is 11.6 Å². The maximum absolute atomic E-state index is 14.8. The fraction of sp³-hybridized carbons (Fsp3) is 0.250. The van der Waals surface area contributed by atoms with Crippen LogP contribution in [-0.4, -0.2) is 56.1 Å². The number of halogens is 3. The molecule has 2 unspecified atom stereocenters. The summed E-state index contributed by atoms with van der Waals surface area (Å²) in [5.74, 6) is -1.42. The van der Waals surface area contributed by atoms with Gasteiger partial charge in [0.2, 0.25) is 11.7 Å². The van der Waals surface area contributed by atoms with Crippen molar-refractivity contribution >= 4 is 45.8 Å². The second-order valence-electron chi connectivity index (χ2n) is 9.87. The van der Waals surface area contributed by atoms with Crippen molar-refractivity contribution in [3.05, 3.63) is 88.7 Å². The van der Waals surface area contributed by atoms with Crippen molar-refractivity contribution in [2.24, 2.45) is 4.99 Å². The summed E-state index contributed by atoms with van der Waals surface area (Å²) in [7, 11) is 0. The van der Waals surface area contributed by atoms with E-state index in [1.807, 2.05) is 19.9 Å². The van der Waals surface area contributed by atoms with E-state index in [-0.39, 0.29) is 52.0 Å². The van der Waals surface area contributed by atoms with Gasteiger partial charge in [-0.15, -0.1) is 0 Å². The van der Waals surface area contributed by atoms with Crippen LogP contribution in [0.15, 0.2) is 63.9 Å². The van der Waals surface area contributed by atoms with E-state index in [1.165, 1.54) is 36.7 Å². The third-order valence-electron chi connectivity index (χ3n) is 6.82. The second kappa shape index (κ2) is 10.4. The Balaban J connectivity index is 1.28. The van der Waals surface area contributed by atoms with Crippen LogP contribution in [0, 0.1) is 11.6 Å². The Hall–Kier alpha value is -4.22. The van der Waals surface area contributed by atoms with Crippen molar-refractivity contribution in [3.63, 3.8) is 0 Å². The molecule has 2 aliphatic heterocycles. The van der Waals surface area contributed by atoms with Crippen molar-refractivity contribution in [1.29, 1.82) is 0 Å². The van der Waals surface area contributed by atoms with E-state index in [0.29, 0.717) is 36.4 Å². The number of anilines is 2. The number of piperazine rings is 1. The van der Waals surface area contributed by atoms with E-state index >= 15 is 0 Å². The first-order valence-electron chi connectivity index (χ1n) is 12.7. The summed E-state index contributed by atoms with van der Waals surface area (Å²) in [5.41, 5.74) is 2.44. The SMILES string of the molecule is CC1CN(C(=O)c2cnc(Nc3ncc4c(n3)C3=CN=C(Cl)C=C(c5c(F)cccc5F)C3=CC4)o2)CC(C)N1. The highest BCUT2D eigenvalue weighted by Gasteiger charge is 2.29. The van der Waals surface area contributed by atoms with E-state index in [2.05, 4.69) is 30.6 Å². The molecule has 6 rings (SSSR count). The molecule has 1 amide bonds. The van der Waals surface area contributed by atoms with Crippen LogP contribution in [-0.2, 0) is 6.42 Å². The molecule has 0 bridgehead atoms. The van der Waals surface area contributed by atoms with Gasteiger partial charge in [0.05, 0.1) is 17.5 Å². The molecule has 4 heterocycles. The van der Waals surface area contributed by atoms with Crippen molar-refractivity contribution in [2.75, 3.05) is 18.4 Å². The summed E-state index contributed by atoms with van der Waals surface area (Å²) in [5, 5.41) is 6.36. The van der Waals surface area contributed by atoms with Crippen LogP contribution in [0.25, 0.3) is 11.1 Å². The van der Waals surface area contributed by atoms with Gasteiger partial charge in [0.15, 0.2) is 0 Å². The van der Waals surface area contributed by atoms with Gasteiger partial charge in [-0.2, -0.15) is 0 Å². The lowest BCUT2D eigenvalue weighted by Crippen LogP contribution is -2.55. The lowest BCUT2D eigenvalue weighted by molar-refractivity contribution is 0.0643. The van der Waals surface area contributed by atoms with Gasteiger partial charge < -0.3 is 14.6 Å². The highest BCUT2D eigenvalue weighted by Crippen LogP contribution is 2.41. The average Bonchev–Trinajstić information content (AvgIpc) is 3.31. The molecule has 1 saturated heterocycles. The van der Waals surface area contributed by atoms with E-state index in [9.17, 15) is 13.6 Å². The normalized spacial score (nSPS) is 20.4. The minimum atomic E-state index is -0.715. The van der Waals surface area contributed by atoms with Gasteiger partial charge in [0.1, 0.15) is 16.8 Å². The molecule has 204 valence electrons. The molecular weight excluding hydrogens is 540 g/mol. The number of benzene rings is 1. The standard InChI is InChI=1S/C28H24ClF2N7O2/c1-14-12-38(13-15(2)35-14)26(39)22-11-34-28(40-22)37-27-33-9-16-6-7-17-18(24-20(30)4-3-5-21(24)31)8-23(29)32-10-19(17)25(16)36-27/h3-5,7-11,14-15,35H,6,12-13H2,1-2H3,(H,33,34,36,37). The number of hydrogen-bond acceptors (Lipinski definition) is 8. The van der Waals surface area contributed by atoms with E-state index in [1.54, 1.807) is 11.1 Å². The molecule has 1 aromatic carbocycles. The minimum absolute atomic E-state index is 0.0519. The number of nitrogens with zero attached hydrogens (tertiary/aromatic N) is 5. The molecule has 3 aliphatic rings. The first kappa shape index (κ1) is 26.0. The average molecular weight is 564 g/mol. The molecule has 12 heteroatoms. The highest BCUT2D eigenvalue weighted by atomic mass is 35.5. The van der Waals surface area contributed by atoms with Crippen molar-refractivity contribution in [2.45, 2.75) is 32.4 Å². The second-order valence-corrected chi connectivity index (χ2v) is 10.3. The number of allylic oxidation sites excluding steroid dienone is 5. The third kappa shape index (κ3) is 4.93. The van der Waals surface area contributed by atoms with Crippen LogP contribution in [0.1, 0.15) is 41.2 Å². The zero-order valence-corrected chi connectivity index (χ0v) is 22.3. The zero-order valence-electron chi connectivity index (χ0n) is 21.6. The first-order chi connectivity index (χ1) is 19.3. The molecule has 2 atom stereocenters. The largest absolute Gasteiger partial charge is 0.418 e. The molecule has 2 aromatic heterocycles. The quantitative estimate of drug-likeness (QED) is 0.466. The third-order valence-corrected chi connectivity index (χ3v) is 7.03. The number of nitrogens with one attached hydrogen (secondary N) is 2. The predicted octanol–water partition coefficient (Wildman–Crippen LogP) is 4.87. The molecule has 1 aliphatic carbocycles. The van der Waals surface area contributed by atoms with Crippen LogP contribution in [0.3, 0.4) is 0 Å². The summed E-state index contributed by atoms with van der Waals surface area (Å²) in [6.07, 6.45) is 8.23. The summed E-state index contributed by atoms with van der Waals surface area (Å²) in [4.78, 5) is 32.1. The monoisotopic (exact) mass is 563 g/mol. The van der Waals surface area contributed by atoms with Crippen molar-refractivity contribution in [3.8, 4) is 0 Å². The zero-order chi connectivity index (χ0) is 28.0. The number of carbonyl (C=O) groups excluding carboxylic acids is 1.